The number of guanidine groups is 3. The number of alkyl halides is 1. The van der Waals surface area contributed by atoms with Gasteiger partial charge in [-0.25, -0.2) is 39.8 Å². The smallest absolute Gasteiger partial charge is 0.408 e. The number of rotatable bonds is 31. The minimum absolute atomic E-state index is 0. The zero-order valence-corrected chi connectivity index (χ0v) is 54.7. The van der Waals surface area contributed by atoms with Crippen LogP contribution >= 0.6 is 24.0 Å². The number of carbonyl (C=O) groups is 5. The Hall–Kier alpha value is -8.24. The predicted molar refractivity (Wildman–Crippen MR) is 352 cm³/mol. The van der Waals surface area contributed by atoms with E-state index < -0.39 is 51.6 Å². The van der Waals surface area contributed by atoms with E-state index in [1.807, 2.05) is 112 Å². The maximum atomic E-state index is 12.8. The molecule has 0 saturated heterocycles. The van der Waals surface area contributed by atoms with E-state index in [9.17, 15) is 44.2 Å². The van der Waals surface area contributed by atoms with Crippen molar-refractivity contribution in [2.75, 3.05) is 26.0 Å². The Balaban J connectivity index is 0. The van der Waals surface area contributed by atoms with E-state index in [1.54, 1.807) is 52.4 Å². The van der Waals surface area contributed by atoms with Gasteiger partial charge < -0.3 is 64.7 Å². The number of nitro groups is 2. The minimum atomic E-state index is -0.791. The highest BCUT2D eigenvalue weighted by Crippen LogP contribution is 2.13. The summed E-state index contributed by atoms with van der Waals surface area (Å²) in [5.74, 6) is -1.20. The number of nitrogens with one attached hydrogen (secondary N) is 7. The van der Waals surface area contributed by atoms with Gasteiger partial charge in [-0.15, -0.1) is 24.0 Å². The normalized spacial score (nSPS) is 13.1. The number of alkyl carbamates (subject to hydrolysis) is 2. The number of benzene rings is 3. The average molecular weight is 1290 g/mol. The summed E-state index contributed by atoms with van der Waals surface area (Å²) in [6.07, 6.45) is 7.32. The summed E-state index contributed by atoms with van der Waals surface area (Å²) in [7, 11) is 0. The van der Waals surface area contributed by atoms with Crippen LogP contribution in [-0.2, 0) is 43.1 Å². The van der Waals surface area contributed by atoms with Crippen LogP contribution in [0.1, 0.15) is 137 Å². The number of hydrogen-bond donors (Lipinski definition) is 12. The van der Waals surface area contributed by atoms with Gasteiger partial charge in [-0.1, -0.05) is 102 Å². The fraction of sp³-hybridized carbons (Fsp3) is 0.559. The Morgan fingerprint density at radius 1 is 0.494 bits per heavy atom. The molecule has 0 aliphatic heterocycles. The summed E-state index contributed by atoms with van der Waals surface area (Å²) >= 11 is 4.64. The van der Waals surface area contributed by atoms with Crippen LogP contribution in [0.5, 0.6) is 0 Å². The van der Waals surface area contributed by atoms with Crippen molar-refractivity contribution in [2.45, 2.75) is 187 Å². The van der Waals surface area contributed by atoms with Crippen LogP contribution in [-0.4, -0.2) is 131 Å². The second-order valence-corrected chi connectivity index (χ2v) is 22.4. The number of unbranched alkanes of at least 4 members (excludes halogenated alkanes) is 3. The van der Waals surface area contributed by atoms with Gasteiger partial charge in [0.2, 0.25) is 17.7 Å². The predicted octanol–water partition coefficient (Wildman–Crippen LogP) is 5.57. The van der Waals surface area contributed by atoms with Gasteiger partial charge in [-0.2, -0.15) is 0 Å². The maximum Gasteiger partial charge on any atom is 0.408 e. The molecule has 28 nitrogen and oxygen atoms in total. The van der Waals surface area contributed by atoms with Crippen molar-refractivity contribution in [1.82, 2.24) is 37.4 Å². The fourth-order valence-corrected chi connectivity index (χ4v) is 7.92. The number of nitrogens with zero attached hydrogens (tertiary/aromatic N) is 5. The maximum absolute atomic E-state index is 12.8. The van der Waals surface area contributed by atoms with Gasteiger partial charge in [0.15, 0.2) is 16.0 Å². The first-order valence-corrected chi connectivity index (χ1v) is 29.8. The average Bonchev–Trinajstić information content (AvgIpc) is 3.52. The quantitative estimate of drug-likeness (QED) is 0.00935. The van der Waals surface area contributed by atoms with Gasteiger partial charge in [-0.05, 0) is 156 Å². The Bertz CT molecular complexity index is 2460. The Morgan fingerprint density at radius 2 is 0.787 bits per heavy atom. The van der Waals surface area contributed by atoms with Crippen molar-refractivity contribution < 1.29 is 43.5 Å². The lowest BCUT2D eigenvalue weighted by Gasteiger charge is -2.24. The molecule has 0 aromatic heterocycles. The molecule has 89 heavy (non-hydrogen) atoms. The Morgan fingerprint density at radius 3 is 1.08 bits per heavy atom. The number of ether oxygens (including phenoxy) is 2. The molecule has 0 radical (unpaired) electrons. The minimum Gasteiger partial charge on any atom is -0.444 e. The lowest BCUT2D eigenvalue weighted by atomic mass is 10.1. The second kappa shape index (κ2) is 46.9. The number of carbonyl (C=O) groups excluding carboxylic acids is 5. The van der Waals surface area contributed by atoms with E-state index in [0.29, 0.717) is 64.3 Å². The van der Waals surface area contributed by atoms with Gasteiger partial charge in [0, 0.05) is 44.1 Å². The standard InChI is InChI=1S/2C21H34N6O5.C16H27N5O.CH3Cl.ClH/c2*1-15(14-16-10-6-5-7-11-16)24-18(28)17(25-20(29)32-21(2,3)4)12-8-9-13-23-19(22)26-27(30)31;1-12(11-13-7-3-2-4-8-13)21-15(22)14(17)9-5-6-10-20-16(18)19;1-2;/h2*5-7,10-11,15,17H,8-9,12-14H2,1-4H3,(H,24,28)(H,25,29)(H3,22,23,26);2-4,7-8,12,14H,5-6,9-11,17H2,1H3,(H,21,22)(H4,18,19,20);1H3;1H. The first kappa shape index (κ1) is 82.8. The molecule has 0 aliphatic carbocycles. The summed E-state index contributed by atoms with van der Waals surface area (Å²) in [5.41, 5.74) is 32.6. The summed E-state index contributed by atoms with van der Waals surface area (Å²) in [5, 5.41) is 33.1. The molecule has 0 fully saturated rings. The van der Waals surface area contributed by atoms with Crippen LogP contribution in [0.3, 0.4) is 0 Å². The lowest BCUT2D eigenvalue weighted by Crippen LogP contribution is -2.50. The zero-order chi connectivity index (χ0) is 66.7. The van der Waals surface area contributed by atoms with Crippen molar-refractivity contribution >= 4 is 71.8 Å². The van der Waals surface area contributed by atoms with Gasteiger partial charge in [0.1, 0.15) is 23.3 Å². The lowest BCUT2D eigenvalue weighted by molar-refractivity contribution is -0.525. The largest absolute Gasteiger partial charge is 0.444 e. The van der Waals surface area contributed by atoms with Gasteiger partial charge >= 0.3 is 12.2 Å². The molecule has 0 bridgehead atoms. The highest BCUT2D eigenvalue weighted by Gasteiger charge is 2.27. The van der Waals surface area contributed by atoms with Crippen LogP contribution in [0, 0.1) is 20.2 Å². The van der Waals surface area contributed by atoms with Gasteiger partial charge in [-0.3, -0.25) is 19.4 Å². The third-order valence-electron chi connectivity index (χ3n) is 11.7. The third-order valence-corrected chi connectivity index (χ3v) is 11.7. The van der Waals surface area contributed by atoms with Crippen LogP contribution in [0.15, 0.2) is 106 Å². The van der Waals surface area contributed by atoms with Crippen LogP contribution in [0.25, 0.3) is 0 Å². The first-order chi connectivity index (χ1) is 41.4. The molecule has 5 amide bonds. The van der Waals surface area contributed by atoms with E-state index in [0.717, 1.165) is 30.4 Å². The fourth-order valence-electron chi connectivity index (χ4n) is 7.92. The van der Waals surface area contributed by atoms with E-state index in [1.165, 1.54) is 11.9 Å². The monoisotopic (exact) mass is 1290 g/mol. The zero-order valence-electron chi connectivity index (χ0n) is 53.1. The summed E-state index contributed by atoms with van der Waals surface area (Å²) in [4.78, 5) is 94.3. The SMILES string of the molecule is CC(Cc1ccccc1)NC(=O)C(CCCCN=C(N)N[N+](=O)[O-])NC(=O)OC(C)(C)C.CC(Cc1ccccc1)NC(=O)C(CCCCN=C(N)N[N+](=O)[O-])NC(=O)OC(C)(C)C.CC(Cc1ccccc1)NC(=O)C(N)CCCCN=C(N)N.CCl.Cl. The number of hydrogen-bond acceptors (Lipinski definition) is 15. The molecular formula is C59H99Cl2N17O11. The topological polar surface area (TPSA) is 441 Å². The van der Waals surface area contributed by atoms with Gasteiger partial charge in [0.25, 0.3) is 11.9 Å². The van der Waals surface area contributed by atoms with Crippen molar-refractivity contribution in [3.63, 3.8) is 0 Å². The molecule has 0 saturated carbocycles. The summed E-state index contributed by atoms with van der Waals surface area (Å²) < 4.78 is 10.5. The van der Waals surface area contributed by atoms with Crippen LogP contribution in [0.4, 0.5) is 9.59 Å². The van der Waals surface area contributed by atoms with E-state index >= 15 is 0 Å². The molecule has 17 N–H and O–H groups in total. The first-order valence-electron chi connectivity index (χ1n) is 29.0. The molecule has 30 heteroatoms. The third kappa shape index (κ3) is 46.6. The van der Waals surface area contributed by atoms with Crippen molar-refractivity contribution in [2.24, 2.45) is 43.6 Å². The molecular weight excluding hydrogens is 1190 g/mol. The summed E-state index contributed by atoms with van der Waals surface area (Å²) in [6, 6.07) is 27.3. The molecule has 3 aromatic rings. The molecule has 0 aliphatic rings. The van der Waals surface area contributed by atoms with E-state index in [-0.39, 0.29) is 79.2 Å². The molecule has 6 unspecified atom stereocenters. The van der Waals surface area contributed by atoms with E-state index in [4.69, 9.17) is 38.1 Å². The number of nitrogens with two attached hydrogens (primary N) is 5. The number of aliphatic imine (C=N–C) groups is 3. The number of halogens is 2. The highest BCUT2D eigenvalue weighted by atomic mass is 35.5. The van der Waals surface area contributed by atoms with Crippen molar-refractivity contribution in [1.29, 1.82) is 0 Å². The van der Waals surface area contributed by atoms with Crippen molar-refractivity contribution in [3.8, 4) is 0 Å². The number of hydrazine groups is 2. The van der Waals surface area contributed by atoms with E-state index in [2.05, 4.69) is 53.2 Å². The Labute approximate surface area is 534 Å². The highest BCUT2D eigenvalue weighted by molar-refractivity contribution is 6.15. The van der Waals surface area contributed by atoms with Gasteiger partial charge in [0.05, 0.1) is 6.04 Å². The van der Waals surface area contributed by atoms with Crippen molar-refractivity contribution in [3.05, 3.63) is 128 Å². The van der Waals surface area contributed by atoms with Crippen LogP contribution < -0.4 is 66.1 Å². The molecule has 6 atom stereocenters. The molecule has 500 valence electrons. The van der Waals surface area contributed by atoms with Crippen LogP contribution in [0.2, 0.25) is 0 Å². The molecule has 0 heterocycles. The number of amides is 5. The molecule has 0 spiro atoms. The molecule has 3 rings (SSSR count). The Kier molecular flexibility index (Phi) is 43.6. The summed E-state index contributed by atoms with van der Waals surface area (Å²) in [6.45, 7) is 17.3. The molecule has 3 aromatic carbocycles. The second-order valence-electron chi connectivity index (χ2n) is 22.4.